The Morgan fingerprint density at radius 3 is 2.46 bits per heavy atom. The maximum atomic E-state index is 4.80. The molecular formula is C20H25N5S. The fourth-order valence-electron chi connectivity index (χ4n) is 3.65. The second-order valence-corrected chi connectivity index (χ2v) is 8.31. The average molecular weight is 368 g/mol. The average Bonchev–Trinajstić information content (AvgIpc) is 3.05. The van der Waals surface area contributed by atoms with Crippen molar-refractivity contribution < 1.29 is 0 Å². The largest absolute Gasteiger partial charge is 0.366 e. The molecule has 1 saturated carbocycles. The van der Waals surface area contributed by atoms with E-state index in [2.05, 4.69) is 39.0 Å². The van der Waals surface area contributed by atoms with Gasteiger partial charge in [0.1, 0.15) is 5.82 Å². The molecule has 26 heavy (non-hydrogen) atoms. The molecular weight excluding hydrogens is 342 g/mol. The number of thiophene rings is 1. The molecule has 0 atom stereocenters. The highest BCUT2D eigenvalue weighted by molar-refractivity contribution is 7.17. The van der Waals surface area contributed by atoms with Gasteiger partial charge in [0.15, 0.2) is 0 Å². The molecule has 0 saturated heterocycles. The molecule has 0 aromatic carbocycles. The number of nitrogens with one attached hydrogen (secondary N) is 2. The second kappa shape index (κ2) is 7.19. The Balaban J connectivity index is 1.61. The van der Waals surface area contributed by atoms with E-state index < -0.39 is 0 Å². The monoisotopic (exact) mass is 367 g/mol. The van der Waals surface area contributed by atoms with Crippen LogP contribution in [0.1, 0.15) is 44.0 Å². The minimum atomic E-state index is 0.504. The summed E-state index contributed by atoms with van der Waals surface area (Å²) >= 11 is 1.70. The maximum absolute atomic E-state index is 4.80. The van der Waals surface area contributed by atoms with Gasteiger partial charge in [-0.2, -0.15) is 4.98 Å². The number of hydrogen-bond donors (Lipinski definition) is 2. The number of nitrogens with zero attached hydrogens (tertiary/aromatic N) is 3. The summed E-state index contributed by atoms with van der Waals surface area (Å²) in [5.74, 6) is 2.43. The van der Waals surface area contributed by atoms with Gasteiger partial charge in [-0.25, -0.2) is 4.98 Å². The van der Waals surface area contributed by atoms with Gasteiger partial charge in [-0.1, -0.05) is 6.92 Å². The Hall–Kier alpha value is -2.21. The van der Waals surface area contributed by atoms with Crippen LogP contribution in [0.4, 0.5) is 17.5 Å². The first-order valence-corrected chi connectivity index (χ1v) is 10.2. The number of fused-ring (bicyclic) bond motifs is 1. The summed E-state index contributed by atoms with van der Waals surface area (Å²) in [5.41, 5.74) is 3.93. The fraction of sp³-hybridized carbons (Fsp3) is 0.450. The molecule has 2 N–H and O–H groups in total. The molecule has 0 bridgehead atoms. The van der Waals surface area contributed by atoms with E-state index in [0.29, 0.717) is 12.0 Å². The van der Waals surface area contributed by atoms with E-state index in [1.165, 1.54) is 25.7 Å². The Bertz CT molecular complexity index is 891. The third-order valence-corrected chi connectivity index (χ3v) is 5.91. The maximum Gasteiger partial charge on any atom is 0.229 e. The van der Waals surface area contributed by atoms with Crippen molar-refractivity contribution in [2.45, 2.75) is 52.5 Å². The first kappa shape index (κ1) is 17.2. The smallest absolute Gasteiger partial charge is 0.229 e. The molecule has 6 heteroatoms. The molecule has 3 aromatic heterocycles. The van der Waals surface area contributed by atoms with Crippen LogP contribution >= 0.6 is 11.3 Å². The summed E-state index contributed by atoms with van der Waals surface area (Å²) in [4.78, 5) is 13.9. The fourth-order valence-corrected chi connectivity index (χ4v) is 4.43. The molecule has 3 heterocycles. The molecule has 0 aliphatic heterocycles. The Morgan fingerprint density at radius 1 is 1.00 bits per heavy atom. The van der Waals surface area contributed by atoms with Gasteiger partial charge >= 0.3 is 0 Å². The van der Waals surface area contributed by atoms with Crippen molar-refractivity contribution in [3.8, 4) is 0 Å². The summed E-state index contributed by atoms with van der Waals surface area (Å²) < 4.78 is 1.14. The molecule has 0 unspecified atom stereocenters. The van der Waals surface area contributed by atoms with Crippen LogP contribution in [-0.2, 0) is 0 Å². The van der Waals surface area contributed by atoms with Crippen molar-refractivity contribution in [1.82, 2.24) is 15.0 Å². The SMILES string of the molecule is Cc1cc(Nc2nc(NC3CCC(C)CC3)c3sccc3n2)cc(C)n1. The van der Waals surface area contributed by atoms with Crippen molar-refractivity contribution in [2.24, 2.45) is 5.92 Å². The van der Waals surface area contributed by atoms with Crippen molar-refractivity contribution in [3.63, 3.8) is 0 Å². The lowest BCUT2D eigenvalue weighted by atomic mass is 9.87. The Morgan fingerprint density at radius 2 is 1.73 bits per heavy atom. The van der Waals surface area contributed by atoms with Gasteiger partial charge in [0.25, 0.3) is 0 Å². The number of anilines is 3. The van der Waals surface area contributed by atoms with Gasteiger partial charge in [0.05, 0.1) is 10.2 Å². The van der Waals surface area contributed by atoms with Crippen LogP contribution in [0.5, 0.6) is 0 Å². The topological polar surface area (TPSA) is 62.7 Å². The summed E-state index contributed by atoms with van der Waals surface area (Å²) in [7, 11) is 0. The van der Waals surface area contributed by atoms with Gasteiger partial charge in [-0.15, -0.1) is 11.3 Å². The zero-order chi connectivity index (χ0) is 18.1. The second-order valence-electron chi connectivity index (χ2n) is 7.40. The summed E-state index contributed by atoms with van der Waals surface area (Å²) in [6.45, 7) is 6.34. The van der Waals surface area contributed by atoms with Crippen LogP contribution in [0.2, 0.25) is 0 Å². The van der Waals surface area contributed by atoms with E-state index in [-0.39, 0.29) is 0 Å². The molecule has 1 aliphatic carbocycles. The number of hydrogen-bond acceptors (Lipinski definition) is 6. The van der Waals surface area contributed by atoms with Crippen molar-refractivity contribution >= 4 is 39.0 Å². The first-order chi connectivity index (χ1) is 12.6. The van der Waals surface area contributed by atoms with Crippen molar-refractivity contribution in [2.75, 3.05) is 10.6 Å². The summed E-state index contributed by atoms with van der Waals surface area (Å²) in [5, 5.41) is 9.12. The number of pyridine rings is 1. The van der Waals surface area contributed by atoms with Crippen LogP contribution in [0.15, 0.2) is 23.6 Å². The van der Waals surface area contributed by atoms with E-state index in [1.54, 1.807) is 11.3 Å². The zero-order valence-electron chi connectivity index (χ0n) is 15.5. The number of aryl methyl sites for hydroxylation is 2. The van der Waals surface area contributed by atoms with Crippen LogP contribution in [-0.4, -0.2) is 21.0 Å². The van der Waals surface area contributed by atoms with Crippen molar-refractivity contribution in [3.05, 3.63) is 35.0 Å². The first-order valence-electron chi connectivity index (χ1n) is 9.31. The normalized spacial score (nSPS) is 20.3. The van der Waals surface area contributed by atoms with Crippen molar-refractivity contribution in [1.29, 1.82) is 0 Å². The Labute approximate surface area is 158 Å². The van der Waals surface area contributed by atoms with Gasteiger partial charge < -0.3 is 10.6 Å². The van der Waals surface area contributed by atoms with E-state index in [0.717, 1.165) is 39.0 Å². The molecule has 0 spiro atoms. The number of aromatic nitrogens is 3. The summed E-state index contributed by atoms with van der Waals surface area (Å²) in [6.07, 6.45) is 5.00. The van der Waals surface area contributed by atoms with E-state index in [9.17, 15) is 0 Å². The standard InChI is InChI=1S/C20H25N5S/c1-12-4-6-15(7-5-12)22-19-18-17(8-9-26-18)24-20(25-19)23-16-10-13(2)21-14(3)11-16/h8-12,15H,4-7H2,1-3H3,(H2,21,22,23,24,25). The van der Waals surface area contributed by atoms with Crippen LogP contribution < -0.4 is 10.6 Å². The number of rotatable bonds is 4. The quantitative estimate of drug-likeness (QED) is 0.643. The third kappa shape index (κ3) is 3.80. The molecule has 1 fully saturated rings. The molecule has 136 valence electrons. The third-order valence-electron chi connectivity index (χ3n) is 5.00. The van der Waals surface area contributed by atoms with Crippen LogP contribution in [0.3, 0.4) is 0 Å². The molecule has 0 amide bonds. The molecule has 1 aliphatic rings. The molecule has 3 aromatic rings. The highest BCUT2D eigenvalue weighted by Gasteiger charge is 2.20. The van der Waals surface area contributed by atoms with E-state index >= 15 is 0 Å². The lowest BCUT2D eigenvalue weighted by molar-refractivity contribution is 0.361. The lowest BCUT2D eigenvalue weighted by Gasteiger charge is -2.27. The predicted molar refractivity (Wildman–Crippen MR) is 109 cm³/mol. The highest BCUT2D eigenvalue weighted by atomic mass is 32.1. The van der Waals surface area contributed by atoms with Gasteiger partial charge in [-0.05, 0) is 69.0 Å². The van der Waals surface area contributed by atoms with E-state index in [4.69, 9.17) is 4.98 Å². The van der Waals surface area contributed by atoms with E-state index in [1.807, 2.05) is 26.0 Å². The van der Waals surface area contributed by atoms with Gasteiger partial charge in [0, 0.05) is 23.1 Å². The van der Waals surface area contributed by atoms with Crippen LogP contribution in [0, 0.1) is 19.8 Å². The highest BCUT2D eigenvalue weighted by Crippen LogP contribution is 2.31. The summed E-state index contributed by atoms with van der Waals surface area (Å²) in [6, 6.07) is 6.60. The molecule has 4 rings (SSSR count). The van der Waals surface area contributed by atoms with Gasteiger partial charge in [-0.3, -0.25) is 4.98 Å². The minimum Gasteiger partial charge on any atom is -0.366 e. The molecule has 5 nitrogen and oxygen atoms in total. The molecule has 0 radical (unpaired) electrons. The minimum absolute atomic E-state index is 0.504. The van der Waals surface area contributed by atoms with Gasteiger partial charge in [0.2, 0.25) is 5.95 Å². The Kier molecular flexibility index (Phi) is 4.76. The zero-order valence-corrected chi connectivity index (χ0v) is 16.4. The lowest BCUT2D eigenvalue weighted by Crippen LogP contribution is -2.25. The predicted octanol–water partition coefficient (Wildman–Crippen LogP) is 5.44. The van der Waals surface area contributed by atoms with Crippen LogP contribution in [0.25, 0.3) is 10.2 Å².